The topological polar surface area (TPSA) is 63.6 Å². The minimum Gasteiger partial charge on any atom is -0.481 e. The van der Waals surface area contributed by atoms with Crippen LogP contribution in [0.1, 0.15) is 66.2 Å². The Bertz CT molecular complexity index is 255. The third-order valence-electron chi connectivity index (χ3n) is 2.52. The summed E-state index contributed by atoms with van der Waals surface area (Å²) in [7, 11) is 0. The lowest BCUT2D eigenvalue weighted by Gasteiger charge is -2.24. The van der Waals surface area contributed by atoms with Crippen LogP contribution in [0.2, 0.25) is 0 Å². The molecule has 0 radical (unpaired) electrons. The minimum absolute atomic E-state index is 0.0237. The van der Waals surface area contributed by atoms with Gasteiger partial charge in [-0.3, -0.25) is 9.59 Å². The maximum atomic E-state index is 11.5. The summed E-state index contributed by atoms with van der Waals surface area (Å²) >= 11 is 0. The summed E-state index contributed by atoms with van der Waals surface area (Å²) in [4.78, 5) is 20.5. The molecule has 0 aliphatic heterocycles. The molecular formula is C14H26O4. The highest BCUT2D eigenvalue weighted by molar-refractivity contribution is 5.70. The summed E-state index contributed by atoms with van der Waals surface area (Å²) in [6.45, 7) is 7.28. The van der Waals surface area contributed by atoms with Gasteiger partial charge in [0.15, 0.2) is 0 Å². The third kappa shape index (κ3) is 11.4. The van der Waals surface area contributed by atoms with E-state index in [1.165, 1.54) is 19.3 Å². The van der Waals surface area contributed by atoms with Crippen molar-refractivity contribution in [2.24, 2.45) is 5.41 Å². The van der Waals surface area contributed by atoms with Gasteiger partial charge < -0.3 is 9.84 Å². The van der Waals surface area contributed by atoms with Crippen LogP contribution in [0.3, 0.4) is 0 Å². The van der Waals surface area contributed by atoms with Gasteiger partial charge in [0, 0.05) is 6.92 Å². The zero-order valence-electron chi connectivity index (χ0n) is 12.0. The fraction of sp³-hybridized carbons (Fsp3) is 0.857. The van der Waals surface area contributed by atoms with Gasteiger partial charge >= 0.3 is 5.97 Å². The first-order valence-electron chi connectivity index (χ1n) is 6.60. The normalized spacial score (nSPS) is 16.4. The van der Waals surface area contributed by atoms with E-state index >= 15 is 0 Å². The van der Waals surface area contributed by atoms with Crippen molar-refractivity contribution < 1.29 is 19.4 Å². The Morgan fingerprint density at radius 1 is 1.17 bits per heavy atom. The van der Waals surface area contributed by atoms with Gasteiger partial charge in [0.2, 0.25) is 0 Å². The molecule has 106 valence electrons. The molecule has 1 fully saturated rings. The van der Waals surface area contributed by atoms with Crippen molar-refractivity contribution >= 4 is 11.9 Å². The molecule has 0 heterocycles. The molecule has 0 amide bonds. The van der Waals surface area contributed by atoms with Gasteiger partial charge in [-0.25, -0.2) is 0 Å². The van der Waals surface area contributed by atoms with Crippen molar-refractivity contribution in [3.8, 4) is 0 Å². The lowest BCUT2D eigenvalue weighted by atomic mass is 9.92. The van der Waals surface area contributed by atoms with Gasteiger partial charge in [0.05, 0.1) is 6.42 Å². The van der Waals surface area contributed by atoms with E-state index in [-0.39, 0.29) is 17.5 Å². The predicted octanol–water partition coefficient (Wildman–Crippen LogP) is 3.39. The van der Waals surface area contributed by atoms with Gasteiger partial charge in [0.1, 0.15) is 6.10 Å². The summed E-state index contributed by atoms with van der Waals surface area (Å²) < 4.78 is 5.43. The number of rotatable bonds is 2. The molecule has 0 atom stereocenters. The molecule has 1 saturated carbocycles. The molecule has 0 aromatic heterocycles. The van der Waals surface area contributed by atoms with E-state index in [9.17, 15) is 4.79 Å². The van der Waals surface area contributed by atoms with Crippen molar-refractivity contribution in [2.45, 2.75) is 72.3 Å². The van der Waals surface area contributed by atoms with Crippen LogP contribution in [-0.2, 0) is 14.3 Å². The van der Waals surface area contributed by atoms with Crippen LogP contribution in [0, 0.1) is 5.41 Å². The largest absolute Gasteiger partial charge is 0.481 e. The second kappa shape index (κ2) is 8.11. The van der Waals surface area contributed by atoms with Gasteiger partial charge in [-0.05, 0) is 31.1 Å². The van der Waals surface area contributed by atoms with Crippen LogP contribution in [0.25, 0.3) is 0 Å². The molecule has 0 aromatic rings. The van der Waals surface area contributed by atoms with Crippen molar-refractivity contribution in [1.29, 1.82) is 0 Å². The molecule has 1 aliphatic rings. The predicted molar refractivity (Wildman–Crippen MR) is 70.3 cm³/mol. The number of hydrogen-bond acceptors (Lipinski definition) is 3. The van der Waals surface area contributed by atoms with E-state index < -0.39 is 5.97 Å². The molecule has 0 bridgehead atoms. The highest BCUT2D eigenvalue weighted by atomic mass is 16.5. The Morgan fingerprint density at radius 2 is 1.61 bits per heavy atom. The maximum absolute atomic E-state index is 11.5. The van der Waals surface area contributed by atoms with Crippen LogP contribution in [0.5, 0.6) is 0 Å². The van der Waals surface area contributed by atoms with Gasteiger partial charge in [-0.1, -0.05) is 27.2 Å². The molecule has 4 nitrogen and oxygen atoms in total. The van der Waals surface area contributed by atoms with Gasteiger partial charge in [-0.15, -0.1) is 0 Å². The first kappa shape index (κ1) is 16.9. The minimum atomic E-state index is -0.833. The standard InChI is InChI=1S/C12H22O2.C2H4O2/c1-12(2,3)9-11(13)14-10-7-5-4-6-8-10;1-2(3)4/h10H,4-9H2,1-3H3;1H3,(H,3,4). The summed E-state index contributed by atoms with van der Waals surface area (Å²) in [5.41, 5.74) is 0.0474. The average molecular weight is 258 g/mol. The smallest absolute Gasteiger partial charge is 0.306 e. The number of carbonyl (C=O) groups excluding carboxylic acids is 1. The van der Waals surface area contributed by atoms with Crippen LogP contribution in [-0.4, -0.2) is 23.1 Å². The van der Waals surface area contributed by atoms with Crippen LogP contribution in [0.15, 0.2) is 0 Å². The second-order valence-electron chi connectivity index (χ2n) is 6.01. The number of ether oxygens (including phenoxy) is 1. The van der Waals surface area contributed by atoms with E-state index in [1.54, 1.807) is 0 Å². The molecule has 0 unspecified atom stereocenters. The third-order valence-corrected chi connectivity index (χ3v) is 2.52. The van der Waals surface area contributed by atoms with Gasteiger partial charge in [-0.2, -0.15) is 0 Å². The molecule has 0 aromatic carbocycles. The second-order valence-corrected chi connectivity index (χ2v) is 6.01. The molecule has 0 spiro atoms. The number of esters is 1. The molecule has 1 aliphatic carbocycles. The van der Waals surface area contributed by atoms with Crippen LogP contribution >= 0.6 is 0 Å². The number of carboxylic acids is 1. The van der Waals surface area contributed by atoms with Crippen molar-refractivity contribution in [3.05, 3.63) is 0 Å². The summed E-state index contributed by atoms with van der Waals surface area (Å²) in [6.07, 6.45) is 6.60. The van der Waals surface area contributed by atoms with E-state index in [0.717, 1.165) is 19.8 Å². The van der Waals surface area contributed by atoms with Crippen molar-refractivity contribution in [2.75, 3.05) is 0 Å². The lowest BCUT2D eigenvalue weighted by Crippen LogP contribution is -2.23. The van der Waals surface area contributed by atoms with E-state index in [1.807, 2.05) is 0 Å². The Labute approximate surface area is 110 Å². The number of carbonyl (C=O) groups is 2. The highest BCUT2D eigenvalue weighted by Gasteiger charge is 2.21. The molecule has 4 heteroatoms. The number of aliphatic carboxylic acids is 1. The first-order valence-corrected chi connectivity index (χ1v) is 6.60. The highest BCUT2D eigenvalue weighted by Crippen LogP contribution is 2.23. The zero-order chi connectivity index (χ0) is 14.2. The van der Waals surface area contributed by atoms with Gasteiger partial charge in [0.25, 0.3) is 5.97 Å². The first-order chi connectivity index (χ1) is 8.20. The SMILES string of the molecule is CC(=O)O.CC(C)(C)CC(=O)OC1CCCCC1. The van der Waals surface area contributed by atoms with E-state index in [4.69, 9.17) is 14.6 Å². The molecular weight excluding hydrogens is 232 g/mol. The lowest BCUT2D eigenvalue weighted by molar-refractivity contribution is -0.152. The van der Waals surface area contributed by atoms with Crippen molar-refractivity contribution in [1.82, 2.24) is 0 Å². The monoisotopic (exact) mass is 258 g/mol. The Balaban J connectivity index is 0.000000631. The Hall–Kier alpha value is -1.06. The molecule has 0 saturated heterocycles. The number of carboxylic acid groups (broad SMARTS) is 1. The zero-order valence-corrected chi connectivity index (χ0v) is 12.0. The quantitative estimate of drug-likeness (QED) is 0.771. The Kier molecular flexibility index (Phi) is 7.64. The number of hydrogen-bond donors (Lipinski definition) is 1. The Morgan fingerprint density at radius 3 is 2.00 bits per heavy atom. The van der Waals surface area contributed by atoms with Crippen molar-refractivity contribution in [3.63, 3.8) is 0 Å². The summed E-state index contributed by atoms with van der Waals surface area (Å²) in [5, 5.41) is 7.42. The summed E-state index contributed by atoms with van der Waals surface area (Å²) in [5.74, 6) is -0.857. The fourth-order valence-electron chi connectivity index (χ4n) is 1.84. The molecule has 1 rings (SSSR count). The van der Waals surface area contributed by atoms with E-state index in [2.05, 4.69) is 20.8 Å². The average Bonchev–Trinajstić information content (AvgIpc) is 2.14. The maximum Gasteiger partial charge on any atom is 0.306 e. The molecule has 1 N–H and O–H groups in total. The van der Waals surface area contributed by atoms with Crippen LogP contribution < -0.4 is 0 Å². The van der Waals surface area contributed by atoms with Crippen LogP contribution in [0.4, 0.5) is 0 Å². The summed E-state index contributed by atoms with van der Waals surface area (Å²) in [6, 6.07) is 0. The van der Waals surface area contributed by atoms with E-state index in [0.29, 0.717) is 6.42 Å². The fourth-order valence-corrected chi connectivity index (χ4v) is 1.84. The molecule has 18 heavy (non-hydrogen) atoms.